The number of rotatable bonds is 4. The van der Waals surface area contributed by atoms with Gasteiger partial charge in [0.1, 0.15) is 0 Å². The van der Waals surface area contributed by atoms with E-state index in [9.17, 15) is 9.59 Å². The average molecular weight is 252 g/mol. The Hall–Kier alpha value is -0.900. The van der Waals surface area contributed by atoms with Crippen LogP contribution in [0.4, 0.5) is 0 Å². The Morgan fingerprint density at radius 2 is 2.11 bits per heavy atom. The van der Waals surface area contributed by atoms with Crippen molar-refractivity contribution in [3.8, 4) is 0 Å². The second-order valence-electron chi connectivity index (χ2n) is 6.31. The molecule has 4 heteroatoms. The highest BCUT2D eigenvalue weighted by Crippen LogP contribution is 2.49. The van der Waals surface area contributed by atoms with Gasteiger partial charge in [0.2, 0.25) is 11.8 Å². The van der Waals surface area contributed by atoms with Crippen molar-refractivity contribution in [1.29, 1.82) is 0 Å². The Morgan fingerprint density at radius 1 is 1.39 bits per heavy atom. The maximum absolute atomic E-state index is 12.5. The predicted molar refractivity (Wildman–Crippen MR) is 70.0 cm³/mol. The van der Waals surface area contributed by atoms with Crippen LogP contribution >= 0.6 is 0 Å². The molecule has 1 aliphatic heterocycles. The molecule has 0 aromatic carbocycles. The van der Waals surface area contributed by atoms with Crippen molar-refractivity contribution in [1.82, 2.24) is 9.80 Å². The second-order valence-corrected chi connectivity index (χ2v) is 6.31. The lowest BCUT2D eigenvalue weighted by Gasteiger charge is -2.21. The number of nitrogens with zero attached hydrogens (tertiary/aromatic N) is 2. The van der Waals surface area contributed by atoms with Gasteiger partial charge in [0.05, 0.1) is 5.41 Å². The van der Waals surface area contributed by atoms with Gasteiger partial charge in [0.25, 0.3) is 0 Å². The third-order valence-corrected chi connectivity index (χ3v) is 4.33. The lowest BCUT2D eigenvalue weighted by molar-refractivity contribution is -0.141. The lowest BCUT2D eigenvalue weighted by Crippen LogP contribution is -2.36. The van der Waals surface area contributed by atoms with E-state index in [1.54, 1.807) is 0 Å². The van der Waals surface area contributed by atoms with Crippen LogP contribution in [0.1, 0.15) is 39.0 Å². The smallest absolute Gasteiger partial charge is 0.235 e. The summed E-state index contributed by atoms with van der Waals surface area (Å²) in [6.45, 7) is 3.69. The molecule has 0 radical (unpaired) electrons. The average Bonchev–Trinajstić information content (AvgIpc) is 2.74. The summed E-state index contributed by atoms with van der Waals surface area (Å²) in [6, 6.07) is 0. The van der Waals surface area contributed by atoms with Gasteiger partial charge in [-0.05, 0) is 52.2 Å². The number of imide groups is 1. The fourth-order valence-corrected chi connectivity index (χ4v) is 3.38. The molecular formula is C14H24N2O2. The normalized spacial score (nSPS) is 32.2. The Labute approximate surface area is 109 Å². The molecule has 1 aliphatic carbocycles. The third-order valence-electron chi connectivity index (χ3n) is 4.33. The fourth-order valence-electron chi connectivity index (χ4n) is 3.38. The minimum atomic E-state index is -0.325. The van der Waals surface area contributed by atoms with Gasteiger partial charge >= 0.3 is 0 Å². The zero-order valence-electron chi connectivity index (χ0n) is 11.7. The molecule has 1 saturated carbocycles. The quantitative estimate of drug-likeness (QED) is 0.712. The molecule has 4 nitrogen and oxygen atoms in total. The number of hydrogen-bond donors (Lipinski definition) is 0. The first-order chi connectivity index (χ1) is 8.44. The van der Waals surface area contributed by atoms with Crippen molar-refractivity contribution in [2.45, 2.75) is 39.0 Å². The predicted octanol–water partition coefficient (Wildman–Crippen LogP) is 1.50. The van der Waals surface area contributed by atoms with E-state index in [0.717, 1.165) is 32.2 Å². The SMILES string of the molecule is C[C@H]1CC[C@@]2(CC(=O)N(CCCN(C)C)C2=O)C1. The van der Waals surface area contributed by atoms with Crippen LogP contribution in [-0.2, 0) is 9.59 Å². The molecule has 2 amide bonds. The highest BCUT2D eigenvalue weighted by Gasteiger charge is 2.53. The minimum Gasteiger partial charge on any atom is -0.309 e. The van der Waals surface area contributed by atoms with E-state index in [0.29, 0.717) is 18.9 Å². The second kappa shape index (κ2) is 5.00. The zero-order chi connectivity index (χ0) is 13.3. The molecule has 0 bridgehead atoms. The topological polar surface area (TPSA) is 40.6 Å². The molecular weight excluding hydrogens is 228 g/mol. The van der Waals surface area contributed by atoms with E-state index < -0.39 is 0 Å². The monoisotopic (exact) mass is 252 g/mol. The standard InChI is InChI=1S/C14H24N2O2/c1-11-5-6-14(9-11)10-12(17)16(13(14)18)8-4-7-15(2)3/h11H,4-10H2,1-3H3/t11-,14-/m0/s1. The molecule has 0 N–H and O–H groups in total. The van der Waals surface area contributed by atoms with Crippen molar-refractivity contribution in [2.24, 2.45) is 11.3 Å². The summed E-state index contributed by atoms with van der Waals surface area (Å²) >= 11 is 0. The Balaban J connectivity index is 1.97. The first-order valence-corrected chi connectivity index (χ1v) is 6.94. The molecule has 2 aliphatic rings. The van der Waals surface area contributed by atoms with Crippen LogP contribution in [0.2, 0.25) is 0 Å². The van der Waals surface area contributed by atoms with Gasteiger partial charge in [-0.1, -0.05) is 6.92 Å². The molecule has 1 heterocycles. The minimum absolute atomic E-state index is 0.0489. The molecule has 0 unspecified atom stereocenters. The van der Waals surface area contributed by atoms with Crippen molar-refractivity contribution >= 4 is 11.8 Å². The Morgan fingerprint density at radius 3 is 2.67 bits per heavy atom. The molecule has 2 fully saturated rings. The van der Waals surface area contributed by atoms with E-state index in [-0.39, 0.29) is 17.2 Å². The summed E-state index contributed by atoms with van der Waals surface area (Å²) in [5.74, 6) is 0.743. The van der Waals surface area contributed by atoms with E-state index in [4.69, 9.17) is 0 Å². The summed E-state index contributed by atoms with van der Waals surface area (Å²) in [4.78, 5) is 28.1. The first-order valence-electron chi connectivity index (χ1n) is 6.94. The Kier molecular flexibility index (Phi) is 3.76. The van der Waals surface area contributed by atoms with Crippen LogP contribution in [-0.4, -0.2) is 48.8 Å². The van der Waals surface area contributed by atoms with Crippen LogP contribution < -0.4 is 0 Å². The summed E-state index contributed by atoms with van der Waals surface area (Å²) in [5.41, 5.74) is -0.325. The van der Waals surface area contributed by atoms with E-state index >= 15 is 0 Å². The summed E-state index contributed by atoms with van der Waals surface area (Å²) < 4.78 is 0. The van der Waals surface area contributed by atoms with Crippen LogP contribution in [0.25, 0.3) is 0 Å². The molecule has 0 aromatic heterocycles. The van der Waals surface area contributed by atoms with Crippen LogP contribution in [0, 0.1) is 11.3 Å². The molecule has 1 saturated heterocycles. The molecule has 0 aromatic rings. The number of hydrogen-bond acceptors (Lipinski definition) is 3. The van der Waals surface area contributed by atoms with Gasteiger partial charge in [-0.2, -0.15) is 0 Å². The van der Waals surface area contributed by atoms with Crippen LogP contribution in [0.3, 0.4) is 0 Å². The number of likely N-dealkylation sites (tertiary alicyclic amines) is 1. The summed E-state index contributed by atoms with van der Waals surface area (Å²) in [6.07, 6.45) is 4.23. The fraction of sp³-hybridized carbons (Fsp3) is 0.857. The summed E-state index contributed by atoms with van der Waals surface area (Å²) in [7, 11) is 4.02. The first kappa shape index (κ1) is 13.5. The van der Waals surface area contributed by atoms with Gasteiger partial charge < -0.3 is 4.90 Å². The van der Waals surface area contributed by atoms with Crippen LogP contribution in [0.15, 0.2) is 0 Å². The molecule has 18 heavy (non-hydrogen) atoms. The van der Waals surface area contributed by atoms with Crippen molar-refractivity contribution in [3.05, 3.63) is 0 Å². The highest BCUT2D eigenvalue weighted by atomic mass is 16.2. The molecule has 1 spiro atoms. The van der Waals surface area contributed by atoms with Crippen molar-refractivity contribution in [3.63, 3.8) is 0 Å². The lowest BCUT2D eigenvalue weighted by atomic mass is 9.84. The number of amides is 2. The summed E-state index contributed by atoms with van der Waals surface area (Å²) in [5, 5.41) is 0. The maximum atomic E-state index is 12.5. The van der Waals surface area contributed by atoms with Crippen molar-refractivity contribution < 1.29 is 9.59 Å². The van der Waals surface area contributed by atoms with Crippen LogP contribution in [0.5, 0.6) is 0 Å². The van der Waals surface area contributed by atoms with Gasteiger partial charge in [0, 0.05) is 13.0 Å². The largest absolute Gasteiger partial charge is 0.309 e. The number of carbonyl (C=O) groups excluding carboxylic acids is 2. The molecule has 2 atom stereocenters. The number of carbonyl (C=O) groups is 2. The van der Waals surface area contributed by atoms with Crippen molar-refractivity contribution in [2.75, 3.05) is 27.2 Å². The van der Waals surface area contributed by atoms with Gasteiger partial charge in [-0.3, -0.25) is 14.5 Å². The molecule has 2 rings (SSSR count). The van der Waals surface area contributed by atoms with Gasteiger partial charge in [-0.25, -0.2) is 0 Å². The Bertz CT molecular complexity index is 354. The third kappa shape index (κ3) is 2.44. The van der Waals surface area contributed by atoms with E-state index in [2.05, 4.69) is 11.8 Å². The van der Waals surface area contributed by atoms with Gasteiger partial charge in [0.15, 0.2) is 0 Å². The molecule has 102 valence electrons. The maximum Gasteiger partial charge on any atom is 0.235 e. The highest BCUT2D eigenvalue weighted by molar-refractivity contribution is 6.06. The zero-order valence-corrected chi connectivity index (χ0v) is 11.7. The van der Waals surface area contributed by atoms with Gasteiger partial charge in [-0.15, -0.1) is 0 Å². The van der Waals surface area contributed by atoms with E-state index in [1.807, 2.05) is 14.1 Å². The van der Waals surface area contributed by atoms with E-state index in [1.165, 1.54) is 4.90 Å².